The molecule has 4 aromatic rings. The van der Waals surface area contributed by atoms with Gasteiger partial charge in [0, 0.05) is 44.5 Å². The van der Waals surface area contributed by atoms with Gasteiger partial charge in [0.25, 0.3) is 0 Å². The minimum Gasteiger partial charge on any atom is -0.491 e. The van der Waals surface area contributed by atoms with Crippen LogP contribution in [0.1, 0.15) is 46.8 Å². The maximum absolute atomic E-state index is 15.1. The number of benzene rings is 3. The number of thioether (sulfide) groups is 1. The van der Waals surface area contributed by atoms with Gasteiger partial charge in [0.1, 0.15) is 29.8 Å². The number of fused-ring (bicyclic) bond motifs is 1. The fraction of sp³-hybridized carbons (Fsp3) is 0.364. The molecule has 1 aliphatic rings. The van der Waals surface area contributed by atoms with E-state index in [0.29, 0.717) is 30.0 Å². The monoisotopic (exact) mass is 756 g/mol. The quantitative estimate of drug-likeness (QED) is 0.0557. The molecule has 0 radical (unpaired) electrons. The molecule has 44 heavy (non-hydrogen) atoms. The number of imidazole rings is 1. The van der Waals surface area contributed by atoms with E-state index >= 15 is 8.78 Å². The normalized spacial score (nSPS) is 14.5. The van der Waals surface area contributed by atoms with Crippen LogP contribution in [0.5, 0.6) is 5.75 Å². The molecule has 0 spiro atoms. The van der Waals surface area contributed by atoms with Gasteiger partial charge in [0.15, 0.2) is 5.16 Å². The Hall–Kier alpha value is -2.25. The summed E-state index contributed by atoms with van der Waals surface area (Å²) in [5, 5.41) is 1.30. The molecule has 1 unspecified atom stereocenters. The fourth-order valence-corrected chi connectivity index (χ4v) is 6.77. The number of alkyl halides is 1. The number of rotatable bonds is 14. The van der Waals surface area contributed by atoms with Gasteiger partial charge in [-0.2, -0.15) is 0 Å². The number of aromatic nitrogens is 2. The van der Waals surface area contributed by atoms with Crippen LogP contribution in [0.15, 0.2) is 59.8 Å². The van der Waals surface area contributed by atoms with Crippen molar-refractivity contribution in [3.8, 4) is 11.4 Å². The molecule has 11 heteroatoms. The molecule has 0 aliphatic heterocycles. The van der Waals surface area contributed by atoms with Crippen molar-refractivity contribution in [2.75, 3.05) is 37.5 Å². The van der Waals surface area contributed by atoms with Gasteiger partial charge in [0.05, 0.1) is 37.8 Å². The number of ether oxygens (including phenoxy) is 3. The Morgan fingerprint density at radius 3 is 2.36 bits per heavy atom. The third-order valence-electron chi connectivity index (χ3n) is 7.41. The Morgan fingerprint density at radius 2 is 1.66 bits per heavy atom. The van der Waals surface area contributed by atoms with Crippen LogP contribution in [0, 0.1) is 24.4 Å². The largest absolute Gasteiger partial charge is 0.491 e. The van der Waals surface area contributed by atoms with Crippen LogP contribution in [0.3, 0.4) is 0 Å². The number of halogens is 5. The highest BCUT2D eigenvalue weighted by molar-refractivity contribution is 14.1. The van der Waals surface area contributed by atoms with Crippen LogP contribution in [-0.4, -0.2) is 47.0 Å². The van der Waals surface area contributed by atoms with Crippen molar-refractivity contribution in [3.63, 3.8) is 0 Å². The van der Waals surface area contributed by atoms with Crippen LogP contribution in [0.25, 0.3) is 5.69 Å². The predicted octanol–water partition coefficient (Wildman–Crippen LogP) is 8.86. The average Bonchev–Trinajstić information content (AvgIpc) is 3.38. The topological polar surface area (TPSA) is 45.5 Å². The highest BCUT2D eigenvalue weighted by Gasteiger charge is 2.30. The van der Waals surface area contributed by atoms with E-state index in [0.717, 1.165) is 51.9 Å². The van der Waals surface area contributed by atoms with E-state index in [1.165, 1.54) is 36.0 Å². The van der Waals surface area contributed by atoms with Gasteiger partial charge in [-0.25, -0.2) is 18.2 Å². The van der Waals surface area contributed by atoms with Crippen LogP contribution in [0.2, 0.25) is 5.02 Å². The van der Waals surface area contributed by atoms with Crippen molar-refractivity contribution in [1.29, 1.82) is 0 Å². The second-order valence-corrected chi connectivity index (χ2v) is 12.8. The first-order chi connectivity index (χ1) is 21.4. The maximum atomic E-state index is 15.1. The zero-order valence-electron chi connectivity index (χ0n) is 24.3. The standard InChI is InChI=1S/C33H33ClF3IN2O3S/c1-21-17-22(5-10-28(21)34)26-3-2-4-31-32(26)40(24-8-6-23(35)7-9-24)33(39-31)44-20-27-29(36)18-25(19-30(27)37)43-16-15-42-14-13-41-12-11-38/h5-10,17-19,26H,2-4,11-16,20H2,1H3. The SMILES string of the molecule is Cc1cc(C2CCCc3nc(SCc4c(F)cc(OCCOCCOCCI)cc4F)n(-c4ccc(F)cc4)c32)ccc1Cl. The number of nitrogens with zero attached hydrogens (tertiary/aromatic N) is 2. The summed E-state index contributed by atoms with van der Waals surface area (Å²) in [6.45, 7) is 4.00. The molecular formula is C33H33ClF3IN2O3S. The van der Waals surface area contributed by atoms with Crippen LogP contribution >= 0.6 is 46.0 Å². The van der Waals surface area contributed by atoms with Crippen LogP contribution in [0.4, 0.5) is 13.2 Å². The van der Waals surface area contributed by atoms with Gasteiger partial charge in [0.2, 0.25) is 0 Å². The molecular weight excluding hydrogens is 724 g/mol. The molecule has 3 aromatic carbocycles. The zero-order chi connectivity index (χ0) is 31.1. The van der Waals surface area contributed by atoms with Crippen molar-refractivity contribution in [1.82, 2.24) is 9.55 Å². The summed E-state index contributed by atoms with van der Waals surface area (Å²) in [6.07, 6.45) is 2.64. The first-order valence-corrected chi connectivity index (χ1v) is 17.3. The van der Waals surface area contributed by atoms with Crippen molar-refractivity contribution in [2.45, 2.75) is 43.0 Å². The van der Waals surface area contributed by atoms with Crippen LogP contribution < -0.4 is 4.74 Å². The second-order valence-electron chi connectivity index (χ2n) is 10.4. The summed E-state index contributed by atoms with van der Waals surface area (Å²) in [6, 6.07) is 14.6. The lowest BCUT2D eigenvalue weighted by atomic mass is 9.83. The number of aryl methyl sites for hydroxylation is 2. The molecule has 0 N–H and O–H groups in total. The Bertz CT molecular complexity index is 1550. The summed E-state index contributed by atoms with van der Waals surface area (Å²) < 4.78 is 63.4. The van der Waals surface area contributed by atoms with Gasteiger partial charge in [-0.05, 0) is 67.6 Å². The summed E-state index contributed by atoms with van der Waals surface area (Å²) in [4.78, 5) is 4.95. The Kier molecular flexibility index (Phi) is 11.9. The summed E-state index contributed by atoms with van der Waals surface area (Å²) in [5.41, 5.74) is 4.72. The third kappa shape index (κ3) is 8.12. The Balaban J connectivity index is 1.35. The van der Waals surface area contributed by atoms with Crippen molar-refractivity contribution in [2.24, 2.45) is 0 Å². The first kappa shape index (κ1) is 33.1. The minimum absolute atomic E-state index is 0.0140. The molecule has 1 heterocycles. The Morgan fingerprint density at radius 1 is 0.955 bits per heavy atom. The summed E-state index contributed by atoms with van der Waals surface area (Å²) in [7, 11) is 0. The van der Waals surface area contributed by atoms with Crippen LogP contribution in [-0.2, 0) is 21.6 Å². The molecule has 0 amide bonds. The van der Waals surface area contributed by atoms with Gasteiger partial charge < -0.3 is 14.2 Å². The van der Waals surface area contributed by atoms with E-state index < -0.39 is 11.6 Å². The maximum Gasteiger partial charge on any atom is 0.173 e. The van der Waals surface area contributed by atoms with Crippen molar-refractivity contribution in [3.05, 3.63) is 105 Å². The van der Waals surface area contributed by atoms with E-state index in [4.69, 9.17) is 30.8 Å². The molecule has 0 saturated heterocycles. The molecule has 0 fully saturated rings. The zero-order valence-corrected chi connectivity index (χ0v) is 28.0. The third-order valence-corrected chi connectivity index (χ3v) is 9.24. The van der Waals surface area contributed by atoms with Crippen molar-refractivity contribution >= 4 is 46.0 Å². The van der Waals surface area contributed by atoms with Gasteiger partial charge in [-0.15, -0.1) is 0 Å². The smallest absolute Gasteiger partial charge is 0.173 e. The molecule has 0 saturated carbocycles. The van der Waals surface area contributed by atoms with Gasteiger partial charge in [-0.3, -0.25) is 4.57 Å². The highest BCUT2D eigenvalue weighted by Crippen LogP contribution is 2.42. The van der Waals surface area contributed by atoms with Gasteiger partial charge >= 0.3 is 0 Å². The lowest BCUT2D eigenvalue weighted by molar-refractivity contribution is 0.0416. The molecule has 234 valence electrons. The minimum atomic E-state index is -0.695. The van der Waals surface area contributed by atoms with Crippen molar-refractivity contribution < 1.29 is 27.4 Å². The molecule has 1 atom stereocenters. The summed E-state index contributed by atoms with van der Waals surface area (Å²) >= 11 is 9.80. The lowest BCUT2D eigenvalue weighted by Crippen LogP contribution is -2.15. The fourth-order valence-electron chi connectivity index (χ4n) is 5.28. The van der Waals surface area contributed by atoms with E-state index in [1.54, 1.807) is 12.1 Å². The summed E-state index contributed by atoms with van der Waals surface area (Å²) in [5.74, 6) is -1.58. The molecule has 5 rings (SSSR count). The lowest BCUT2D eigenvalue weighted by Gasteiger charge is -2.25. The molecule has 5 nitrogen and oxygen atoms in total. The predicted molar refractivity (Wildman–Crippen MR) is 176 cm³/mol. The van der Waals surface area contributed by atoms with E-state index in [-0.39, 0.29) is 42.0 Å². The van der Waals surface area contributed by atoms with E-state index in [1.807, 2.05) is 23.6 Å². The molecule has 1 aliphatic carbocycles. The molecule has 1 aromatic heterocycles. The Labute approximate surface area is 278 Å². The van der Waals surface area contributed by atoms with E-state index in [9.17, 15) is 4.39 Å². The van der Waals surface area contributed by atoms with Gasteiger partial charge in [-0.1, -0.05) is 58.1 Å². The van der Waals surface area contributed by atoms with E-state index in [2.05, 4.69) is 28.7 Å². The number of hydrogen-bond donors (Lipinski definition) is 0. The highest BCUT2D eigenvalue weighted by atomic mass is 127. The number of hydrogen-bond acceptors (Lipinski definition) is 5. The average molecular weight is 757 g/mol. The molecule has 0 bridgehead atoms. The second kappa shape index (κ2) is 15.8. The first-order valence-electron chi connectivity index (χ1n) is 14.4.